The molecule has 0 unspecified atom stereocenters. The van der Waals surface area contributed by atoms with Crippen molar-refractivity contribution in [1.29, 1.82) is 0 Å². The minimum absolute atomic E-state index is 0.0116. The van der Waals surface area contributed by atoms with E-state index >= 15 is 0 Å². The number of carbonyl (C=O) groups excluding carboxylic acids is 2. The highest BCUT2D eigenvalue weighted by Crippen LogP contribution is 2.34. The smallest absolute Gasteiger partial charge is 0.237 e. The second kappa shape index (κ2) is 7.63. The third kappa shape index (κ3) is 3.85. The molecule has 2 amide bonds. The topological polar surface area (TPSA) is 91.0 Å². The van der Waals surface area contributed by atoms with Gasteiger partial charge in [0.15, 0.2) is 5.82 Å². The number of amides is 2. The van der Waals surface area contributed by atoms with E-state index in [-0.39, 0.29) is 18.2 Å². The second-order valence-corrected chi connectivity index (χ2v) is 7.01. The molecule has 8 heteroatoms. The summed E-state index contributed by atoms with van der Waals surface area (Å²) in [5.41, 5.74) is 1.75. The Morgan fingerprint density at radius 3 is 2.74 bits per heavy atom. The molecule has 0 spiro atoms. The number of thioether (sulfide) groups is 1. The molecule has 136 valence electrons. The Morgan fingerprint density at radius 1 is 1.11 bits per heavy atom. The van der Waals surface area contributed by atoms with Gasteiger partial charge in [-0.1, -0.05) is 42.5 Å². The van der Waals surface area contributed by atoms with Crippen molar-refractivity contribution in [2.24, 2.45) is 0 Å². The molecule has 1 aliphatic rings. The highest BCUT2D eigenvalue weighted by atomic mass is 32.2. The number of aromatic nitrogens is 3. The van der Waals surface area contributed by atoms with E-state index < -0.39 is 0 Å². The molecule has 0 saturated carbocycles. The van der Waals surface area contributed by atoms with Crippen LogP contribution in [0.1, 0.15) is 6.42 Å². The van der Waals surface area contributed by atoms with Crippen molar-refractivity contribution in [3.05, 3.63) is 54.6 Å². The molecule has 2 N–H and O–H groups in total. The molecule has 2 aromatic carbocycles. The standard InChI is InChI=1S/C19H17N5O2S/c25-16(20-19-21-18(22-23-19)13-6-2-1-3-7-13)10-11-24-14-8-4-5-9-15(14)27-12-17(24)26/h1-9H,10-12H2,(H2,20,21,22,23,25). The van der Waals surface area contributed by atoms with Crippen LogP contribution in [-0.4, -0.2) is 39.3 Å². The number of benzene rings is 2. The zero-order chi connectivity index (χ0) is 18.6. The van der Waals surface area contributed by atoms with Crippen molar-refractivity contribution >= 4 is 35.2 Å². The van der Waals surface area contributed by atoms with Gasteiger partial charge in [0.25, 0.3) is 0 Å². The Labute approximate surface area is 160 Å². The lowest BCUT2D eigenvalue weighted by Gasteiger charge is -2.28. The molecule has 0 fully saturated rings. The van der Waals surface area contributed by atoms with Crippen LogP contribution in [0.25, 0.3) is 11.4 Å². The van der Waals surface area contributed by atoms with Crippen LogP contribution in [-0.2, 0) is 9.59 Å². The number of para-hydroxylation sites is 1. The van der Waals surface area contributed by atoms with E-state index in [9.17, 15) is 9.59 Å². The summed E-state index contributed by atoms with van der Waals surface area (Å²) in [5, 5.41) is 10.7. The molecule has 1 aliphatic heterocycles. The Kier molecular flexibility index (Phi) is 4.88. The van der Waals surface area contributed by atoms with Gasteiger partial charge in [-0.2, -0.15) is 0 Å². The predicted octanol–water partition coefficient (Wildman–Crippen LogP) is 2.94. The number of aromatic amines is 1. The Morgan fingerprint density at radius 2 is 1.89 bits per heavy atom. The lowest BCUT2D eigenvalue weighted by Crippen LogP contribution is -2.37. The lowest BCUT2D eigenvalue weighted by molar-refractivity contribution is -0.117. The van der Waals surface area contributed by atoms with Gasteiger partial charge in [-0.05, 0) is 12.1 Å². The first kappa shape index (κ1) is 17.3. The number of carbonyl (C=O) groups is 2. The maximum Gasteiger partial charge on any atom is 0.237 e. The molecule has 0 atom stereocenters. The number of hydrogen-bond acceptors (Lipinski definition) is 5. The van der Waals surface area contributed by atoms with Crippen LogP contribution in [0.2, 0.25) is 0 Å². The van der Waals surface area contributed by atoms with Crippen molar-refractivity contribution in [2.75, 3.05) is 22.5 Å². The molecule has 0 radical (unpaired) electrons. The Bertz CT molecular complexity index is 973. The third-order valence-electron chi connectivity index (χ3n) is 4.16. The zero-order valence-corrected chi connectivity index (χ0v) is 15.2. The van der Waals surface area contributed by atoms with Gasteiger partial charge in [-0.3, -0.25) is 14.9 Å². The molecule has 0 aliphatic carbocycles. The van der Waals surface area contributed by atoms with E-state index in [0.717, 1.165) is 16.1 Å². The summed E-state index contributed by atoms with van der Waals surface area (Å²) >= 11 is 1.52. The van der Waals surface area contributed by atoms with E-state index in [0.29, 0.717) is 24.1 Å². The van der Waals surface area contributed by atoms with Gasteiger partial charge in [-0.15, -0.1) is 22.0 Å². The fourth-order valence-electron chi connectivity index (χ4n) is 2.85. The van der Waals surface area contributed by atoms with Gasteiger partial charge < -0.3 is 9.88 Å². The molecule has 3 aromatic rings. The molecule has 0 saturated heterocycles. The molecule has 27 heavy (non-hydrogen) atoms. The molecule has 7 nitrogen and oxygen atoms in total. The van der Waals surface area contributed by atoms with Crippen molar-refractivity contribution in [2.45, 2.75) is 11.3 Å². The third-order valence-corrected chi connectivity index (χ3v) is 5.21. The molecule has 2 heterocycles. The van der Waals surface area contributed by atoms with Crippen molar-refractivity contribution in [3.8, 4) is 11.4 Å². The zero-order valence-electron chi connectivity index (χ0n) is 14.4. The number of H-pyrrole nitrogens is 1. The number of hydrogen-bond donors (Lipinski definition) is 2. The monoisotopic (exact) mass is 379 g/mol. The number of rotatable bonds is 5. The summed E-state index contributed by atoms with van der Waals surface area (Å²) in [6.45, 7) is 0.321. The lowest BCUT2D eigenvalue weighted by atomic mass is 10.2. The summed E-state index contributed by atoms with van der Waals surface area (Å²) in [7, 11) is 0. The van der Waals surface area contributed by atoms with Crippen molar-refractivity contribution in [3.63, 3.8) is 0 Å². The average Bonchev–Trinajstić information content (AvgIpc) is 3.16. The average molecular weight is 379 g/mol. The van der Waals surface area contributed by atoms with E-state index in [2.05, 4.69) is 20.5 Å². The summed E-state index contributed by atoms with van der Waals surface area (Å²) in [6.07, 6.45) is 0.173. The van der Waals surface area contributed by atoms with Gasteiger partial charge in [0.1, 0.15) is 0 Å². The second-order valence-electron chi connectivity index (χ2n) is 5.99. The van der Waals surface area contributed by atoms with Gasteiger partial charge in [0.2, 0.25) is 17.8 Å². The molecule has 4 rings (SSSR count). The number of nitrogens with zero attached hydrogens (tertiary/aromatic N) is 3. The first-order valence-corrected chi connectivity index (χ1v) is 9.49. The SMILES string of the molecule is O=C(CCN1C(=O)CSc2ccccc21)Nc1nnc(-c2ccccc2)[nH]1. The van der Waals surface area contributed by atoms with Gasteiger partial charge >= 0.3 is 0 Å². The fourth-order valence-corrected chi connectivity index (χ4v) is 3.79. The largest absolute Gasteiger partial charge is 0.310 e. The molecular weight excluding hydrogens is 362 g/mol. The van der Waals surface area contributed by atoms with Crippen molar-refractivity contribution in [1.82, 2.24) is 15.2 Å². The van der Waals surface area contributed by atoms with E-state index in [1.54, 1.807) is 4.90 Å². The highest BCUT2D eigenvalue weighted by Gasteiger charge is 2.24. The van der Waals surface area contributed by atoms with Crippen LogP contribution in [0.15, 0.2) is 59.5 Å². The van der Waals surface area contributed by atoms with Crippen LogP contribution < -0.4 is 10.2 Å². The van der Waals surface area contributed by atoms with Crippen molar-refractivity contribution < 1.29 is 9.59 Å². The minimum atomic E-state index is -0.228. The number of fused-ring (bicyclic) bond motifs is 1. The first-order valence-electron chi connectivity index (χ1n) is 8.51. The van der Waals surface area contributed by atoms with Crippen LogP contribution in [0.4, 0.5) is 11.6 Å². The number of nitrogens with one attached hydrogen (secondary N) is 2. The quantitative estimate of drug-likeness (QED) is 0.711. The summed E-state index contributed by atoms with van der Waals surface area (Å²) in [4.78, 5) is 30.2. The fraction of sp³-hybridized carbons (Fsp3) is 0.158. The van der Waals surface area contributed by atoms with E-state index in [1.807, 2.05) is 54.6 Å². The predicted molar refractivity (Wildman–Crippen MR) is 105 cm³/mol. The van der Waals surface area contributed by atoms with Crippen LogP contribution >= 0.6 is 11.8 Å². The normalized spacial score (nSPS) is 13.3. The maximum atomic E-state index is 12.3. The van der Waals surface area contributed by atoms with E-state index in [4.69, 9.17) is 0 Å². The van der Waals surface area contributed by atoms with Crippen LogP contribution in [0.5, 0.6) is 0 Å². The molecule has 1 aromatic heterocycles. The van der Waals surface area contributed by atoms with Gasteiger partial charge in [-0.25, -0.2) is 0 Å². The maximum absolute atomic E-state index is 12.3. The summed E-state index contributed by atoms with van der Waals surface area (Å²) in [5.74, 6) is 1.05. The highest BCUT2D eigenvalue weighted by molar-refractivity contribution is 8.00. The van der Waals surface area contributed by atoms with Gasteiger partial charge in [0.05, 0.1) is 11.4 Å². The molecular formula is C19H17N5O2S. The first-order chi connectivity index (χ1) is 13.2. The minimum Gasteiger partial charge on any atom is -0.310 e. The Balaban J connectivity index is 1.38. The van der Waals surface area contributed by atoms with Crippen LogP contribution in [0.3, 0.4) is 0 Å². The summed E-state index contributed by atoms with van der Waals surface area (Å²) < 4.78 is 0. The number of anilines is 2. The summed E-state index contributed by atoms with van der Waals surface area (Å²) in [6, 6.07) is 17.3. The van der Waals surface area contributed by atoms with E-state index in [1.165, 1.54) is 11.8 Å². The van der Waals surface area contributed by atoms with Crippen LogP contribution in [0, 0.1) is 0 Å². The Hall–Kier alpha value is -3.13. The molecule has 0 bridgehead atoms. The van der Waals surface area contributed by atoms with Gasteiger partial charge in [0, 0.05) is 23.4 Å².